The lowest BCUT2D eigenvalue weighted by molar-refractivity contribution is -0.148. The normalized spacial score (nSPS) is 32.3. The second kappa shape index (κ2) is 11.5. The standard InChI is InChI=1S/C33H48N4O5/c1-32(2,3)42-31(40)34-27-12-10-24(35(4)21-26-14-17-41-26)18-25-11-13-28(37(25)29(27)38)30(39)36-20-23(19-33(36)15-16-33)22-8-6-5-7-9-22/h5-9,23-28H,10-21H2,1-4H3,(H,34,40)/t23-,24-,25+,26-,27-,28-/m0/s1. The van der Waals surface area contributed by atoms with Gasteiger partial charge in [-0.25, -0.2) is 4.79 Å². The van der Waals surface area contributed by atoms with Crippen LogP contribution >= 0.6 is 0 Å². The zero-order chi connectivity index (χ0) is 29.6. The Hall–Kier alpha value is -2.65. The van der Waals surface area contributed by atoms with Crippen LogP contribution in [0.3, 0.4) is 0 Å². The number of nitrogens with one attached hydrogen (secondary N) is 1. The van der Waals surface area contributed by atoms with E-state index in [1.165, 1.54) is 5.56 Å². The summed E-state index contributed by atoms with van der Waals surface area (Å²) < 4.78 is 11.3. The van der Waals surface area contributed by atoms with E-state index in [0.29, 0.717) is 25.3 Å². The molecule has 230 valence electrons. The number of ether oxygens (including phenoxy) is 2. The Balaban J connectivity index is 1.23. The summed E-state index contributed by atoms with van der Waals surface area (Å²) in [4.78, 5) is 47.8. The summed E-state index contributed by atoms with van der Waals surface area (Å²) in [5.41, 5.74) is 0.549. The molecule has 0 radical (unpaired) electrons. The molecule has 4 saturated heterocycles. The SMILES string of the molecule is CN(C[C@@H]1CCO1)[C@H]1CC[C@H](NC(=O)OC(C)(C)C)C(=O)N2[C@H](CC[C@H]2C(=O)N2C[C@@H](c3ccccc3)CC23CC3)C1. The molecule has 1 spiro atoms. The average molecular weight is 581 g/mol. The predicted octanol–water partition coefficient (Wildman–Crippen LogP) is 4.06. The largest absolute Gasteiger partial charge is 0.444 e. The third-order valence-electron chi connectivity index (χ3n) is 10.2. The molecule has 9 nitrogen and oxygen atoms in total. The second-order valence-corrected chi connectivity index (χ2v) is 14.4. The zero-order valence-electron chi connectivity index (χ0n) is 25.7. The molecule has 4 aliphatic heterocycles. The highest BCUT2D eigenvalue weighted by Gasteiger charge is 2.58. The molecular formula is C33H48N4O5. The van der Waals surface area contributed by atoms with Crippen LogP contribution < -0.4 is 5.32 Å². The van der Waals surface area contributed by atoms with E-state index >= 15 is 0 Å². The number of benzene rings is 1. The molecular weight excluding hydrogens is 532 g/mol. The summed E-state index contributed by atoms with van der Waals surface area (Å²) in [5, 5.41) is 2.89. The molecule has 0 unspecified atom stereocenters. The van der Waals surface area contributed by atoms with Gasteiger partial charge in [-0.15, -0.1) is 0 Å². The lowest BCUT2D eigenvalue weighted by Crippen LogP contribution is -2.59. The fourth-order valence-electron chi connectivity index (χ4n) is 7.79. The van der Waals surface area contributed by atoms with Gasteiger partial charge in [0, 0.05) is 43.2 Å². The Morgan fingerprint density at radius 1 is 1.10 bits per heavy atom. The van der Waals surface area contributed by atoms with Crippen molar-refractivity contribution in [3.63, 3.8) is 0 Å². The number of amides is 3. The van der Waals surface area contributed by atoms with Gasteiger partial charge in [-0.05, 0) is 91.2 Å². The minimum atomic E-state index is -0.725. The van der Waals surface area contributed by atoms with Gasteiger partial charge in [-0.2, -0.15) is 0 Å². The van der Waals surface area contributed by atoms with Crippen LogP contribution in [0.5, 0.6) is 0 Å². The van der Waals surface area contributed by atoms with E-state index in [-0.39, 0.29) is 35.5 Å². The van der Waals surface area contributed by atoms with Crippen LogP contribution in [0.15, 0.2) is 30.3 Å². The van der Waals surface area contributed by atoms with Gasteiger partial charge in [0.1, 0.15) is 17.7 Å². The van der Waals surface area contributed by atoms with Gasteiger partial charge in [-0.3, -0.25) is 9.59 Å². The fourth-order valence-corrected chi connectivity index (χ4v) is 7.79. The second-order valence-electron chi connectivity index (χ2n) is 14.4. The maximum atomic E-state index is 14.4. The van der Waals surface area contributed by atoms with Gasteiger partial charge in [0.25, 0.3) is 0 Å². The van der Waals surface area contributed by atoms with E-state index in [4.69, 9.17) is 9.47 Å². The fraction of sp³-hybridized carbons (Fsp3) is 0.727. The summed E-state index contributed by atoms with van der Waals surface area (Å²) in [5.74, 6) is 0.270. The van der Waals surface area contributed by atoms with Crippen molar-refractivity contribution in [2.45, 2.75) is 126 Å². The molecule has 6 rings (SSSR count). The average Bonchev–Trinajstić information content (AvgIpc) is 3.40. The van der Waals surface area contributed by atoms with Gasteiger partial charge < -0.3 is 29.5 Å². The third-order valence-corrected chi connectivity index (χ3v) is 10.2. The van der Waals surface area contributed by atoms with Gasteiger partial charge in [0.2, 0.25) is 11.8 Å². The predicted molar refractivity (Wildman–Crippen MR) is 159 cm³/mol. The van der Waals surface area contributed by atoms with Gasteiger partial charge in [0.15, 0.2) is 0 Å². The molecule has 1 aromatic rings. The molecule has 0 bridgehead atoms. The lowest BCUT2D eigenvalue weighted by Gasteiger charge is -2.42. The quantitative estimate of drug-likeness (QED) is 0.546. The molecule has 42 heavy (non-hydrogen) atoms. The van der Waals surface area contributed by atoms with E-state index in [0.717, 1.165) is 58.1 Å². The van der Waals surface area contributed by atoms with Crippen LogP contribution in [-0.4, -0.2) is 101 Å². The summed E-state index contributed by atoms with van der Waals surface area (Å²) in [6, 6.07) is 9.49. The Morgan fingerprint density at radius 3 is 2.48 bits per heavy atom. The third kappa shape index (κ3) is 6.05. The van der Waals surface area contributed by atoms with Crippen molar-refractivity contribution in [2.24, 2.45) is 0 Å². The number of nitrogens with zero attached hydrogens (tertiary/aromatic N) is 3. The number of carbonyl (C=O) groups excluding carboxylic acids is 3. The maximum absolute atomic E-state index is 14.4. The number of carbonyl (C=O) groups is 3. The highest BCUT2D eigenvalue weighted by molar-refractivity contribution is 5.93. The number of likely N-dealkylation sites (tertiary alicyclic amines) is 1. The van der Waals surface area contributed by atoms with Crippen molar-refractivity contribution in [1.82, 2.24) is 20.0 Å². The van der Waals surface area contributed by atoms with Crippen LogP contribution in [0.25, 0.3) is 0 Å². The van der Waals surface area contributed by atoms with E-state index in [1.54, 1.807) is 0 Å². The monoisotopic (exact) mass is 580 g/mol. The summed E-state index contributed by atoms with van der Waals surface area (Å²) in [7, 11) is 2.14. The summed E-state index contributed by atoms with van der Waals surface area (Å²) in [6.45, 7) is 7.84. The highest BCUT2D eigenvalue weighted by atomic mass is 16.6. The molecule has 3 amide bonds. The molecule has 1 N–H and O–H groups in total. The number of hydrogen-bond donors (Lipinski definition) is 1. The number of fused-ring (bicyclic) bond motifs is 1. The van der Waals surface area contributed by atoms with E-state index < -0.39 is 23.8 Å². The molecule has 9 heteroatoms. The highest BCUT2D eigenvalue weighted by Crippen LogP contribution is 2.54. The van der Waals surface area contributed by atoms with Crippen molar-refractivity contribution in [3.8, 4) is 0 Å². The molecule has 5 fully saturated rings. The first-order valence-electron chi connectivity index (χ1n) is 16.0. The van der Waals surface area contributed by atoms with Gasteiger partial charge in [-0.1, -0.05) is 30.3 Å². The van der Waals surface area contributed by atoms with Gasteiger partial charge in [0.05, 0.1) is 6.10 Å². The Labute approximate surface area is 250 Å². The first kappa shape index (κ1) is 29.4. The molecule has 1 aromatic carbocycles. The summed E-state index contributed by atoms with van der Waals surface area (Å²) >= 11 is 0. The number of rotatable bonds is 6. The Kier molecular flexibility index (Phi) is 8.02. The van der Waals surface area contributed by atoms with Crippen LogP contribution in [0.4, 0.5) is 4.79 Å². The van der Waals surface area contributed by atoms with Crippen molar-refractivity contribution in [3.05, 3.63) is 35.9 Å². The number of hydrogen-bond acceptors (Lipinski definition) is 6. The minimum absolute atomic E-state index is 0.0351. The van der Waals surface area contributed by atoms with E-state index in [2.05, 4.69) is 46.4 Å². The smallest absolute Gasteiger partial charge is 0.408 e. The molecule has 1 saturated carbocycles. The first-order chi connectivity index (χ1) is 20.0. The lowest BCUT2D eigenvalue weighted by atomic mass is 9.93. The molecule has 6 atom stereocenters. The van der Waals surface area contributed by atoms with Gasteiger partial charge >= 0.3 is 6.09 Å². The van der Waals surface area contributed by atoms with Crippen molar-refractivity contribution in [1.29, 1.82) is 0 Å². The van der Waals surface area contributed by atoms with Crippen LogP contribution in [-0.2, 0) is 19.1 Å². The summed E-state index contributed by atoms with van der Waals surface area (Å²) in [6.07, 6.45) is 7.39. The molecule has 1 aliphatic carbocycles. The number of likely N-dealkylation sites (N-methyl/N-ethyl adjacent to an activating group) is 1. The minimum Gasteiger partial charge on any atom is -0.444 e. The van der Waals surface area contributed by atoms with Crippen LogP contribution in [0.2, 0.25) is 0 Å². The molecule has 5 aliphatic rings. The first-order valence-corrected chi connectivity index (χ1v) is 16.0. The topological polar surface area (TPSA) is 91.4 Å². The van der Waals surface area contributed by atoms with Crippen LogP contribution in [0, 0.1) is 0 Å². The zero-order valence-corrected chi connectivity index (χ0v) is 25.7. The molecule has 4 heterocycles. The van der Waals surface area contributed by atoms with E-state index in [9.17, 15) is 14.4 Å². The Bertz CT molecular complexity index is 1160. The van der Waals surface area contributed by atoms with Crippen molar-refractivity contribution >= 4 is 17.9 Å². The van der Waals surface area contributed by atoms with Crippen molar-refractivity contribution < 1.29 is 23.9 Å². The maximum Gasteiger partial charge on any atom is 0.408 e. The van der Waals surface area contributed by atoms with Crippen molar-refractivity contribution in [2.75, 3.05) is 26.7 Å². The number of alkyl carbamates (subject to hydrolysis) is 1. The van der Waals surface area contributed by atoms with E-state index in [1.807, 2.05) is 31.7 Å². The van der Waals surface area contributed by atoms with Crippen LogP contribution in [0.1, 0.15) is 90.0 Å². The Morgan fingerprint density at radius 2 is 1.83 bits per heavy atom. The molecule has 0 aromatic heterocycles.